The van der Waals surface area contributed by atoms with Crippen molar-refractivity contribution >= 4 is 27.5 Å². The molecule has 2 aromatic rings. The number of aryl methyl sites for hydroxylation is 1. The highest BCUT2D eigenvalue weighted by molar-refractivity contribution is 7.89. The molecule has 1 heterocycles. The molecule has 9 heteroatoms. The lowest BCUT2D eigenvalue weighted by Gasteiger charge is -2.22. The van der Waals surface area contributed by atoms with Gasteiger partial charge < -0.3 is 9.64 Å². The first-order valence-electron chi connectivity index (χ1n) is 10.2. The maximum atomic E-state index is 13.1. The molecule has 0 unspecified atom stereocenters. The van der Waals surface area contributed by atoms with E-state index >= 15 is 0 Å². The number of hydrogen-bond donors (Lipinski definition) is 0. The van der Waals surface area contributed by atoms with E-state index in [-0.39, 0.29) is 17.3 Å². The fourth-order valence-corrected chi connectivity index (χ4v) is 5.17. The minimum absolute atomic E-state index is 0.0162. The second-order valence-corrected chi connectivity index (χ2v) is 9.83. The average Bonchev–Trinajstić information content (AvgIpc) is 2.99. The summed E-state index contributed by atoms with van der Waals surface area (Å²) in [6, 6.07) is 10.2. The minimum Gasteiger partial charge on any atom is -0.493 e. The van der Waals surface area contributed by atoms with Crippen molar-refractivity contribution in [1.29, 1.82) is 0 Å². The van der Waals surface area contributed by atoms with Crippen molar-refractivity contribution in [1.82, 2.24) is 9.21 Å². The van der Waals surface area contributed by atoms with E-state index in [0.717, 1.165) is 23.4 Å². The van der Waals surface area contributed by atoms with Gasteiger partial charge in [0.25, 0.3) is 0 Å². The molecule has 1 fully saturated rings. The molecule has 0 atom stereocenters. The molecule has 3 rings (SSSR count). The first kappa shape index (κ1) is 23.5. The van der Waals surface area contributed by atoms with Crippen LogP contribution in [0.5, 0.6) is 5.75 Å². The highest BCUT2D eigenvalue weighted by Gasteiger charge is 2.28. The Kier molecular flexibility index (Phi) is 7.91. The Balaban J connectivity index is 1.48. The van der Waals surface area contributed by atoms with E-state index < -0.39 is 15.8 Å². The van der Waals surface area contributed by atoms with Crippen LogP contribution in [0.2, 0.25) is 5.02 Å². The zero-order valence-electron chi connectivity index (χ0n) is 17.4. The number of carbonyl (C=O) groups is 1. The third-order valence-electron chi connectivity index (χ3n) is 5.19. The van der Waals surface area contributed by atoms with E-state index in [1.54, 1.807) is 11.0 Å². The van der Waals surface area contributed by atoms with Crippen LogP contribution in [-0.2, 0) is 14.8 Å². The zero-order valence-corrected chi connectivity index (χ0v) is 19.0. The van der Waals surface area contributed by atoms with Gasteiger partial charge in [-0.2, -0.15) is 4.31 Å². The number of ether oxygens (including phenoxy) is 1. The molecular formula is C22H26ClFN2O4S. The van der Waals surface area contributed by atoms with Crippen molar-refractivity contribution in [2.24, 2.45) is 0 Å². The summed E-state index contributed by atoms with van der Waals surface area (Å²) in [5, 5.41) is 0.650. The van der Waals surface area contributed by atoms with E-state index in [0.29, 0.717) is 50.5 Å². The van der Waals surface area contributed by atoms with E-state index in [2.05, 4.69) is 0 Å². The summed E-state index contributed by atoms with van der Waals surface area (Å²) in [4.78, 5) is 14.3. The van der Waals surface area contributed by atoms with Gasteiger partial charge >= 0.3 is 0 Å². The van der Waals surface area contributed by atoms with Crippen molar-refractivity contribution in [3.8, 4) is 5.75 Å². The second-order valence-electron chi connectivity index (χ2n) is 7.45. The molecule has 1 amide bonds. The Bertz CT molecular complexity index is 1010. The normalized spacial score (nSPS) is 15.5. The molecule has 0 aromatic heterocycles. The highest BCUT2D eigenvalue weighted by Crippen LogP contribution is 2.22. The number of halogens is 2. The number of carbonyl (C=O) groups excluding carboxylic acids is 1. The van der Waals surface area contributed by atoms with Gasteiger partial charge in [0.15, 0.2) is 0 Å². The zero-order chi connectivity index (χ0) is 22.4. The molecule has 1 aliphatic rings. The fraction of sp³-hybridized carbons (Fsp3) is 0.409. The summed E-state index contributed by atoms with van der Waals surface area (Å²) in [6.45, 7) is 3.69. The molecule has 31 heavy (non-hydrogen) atoms. The second kappa shape index (κ2) is 10.4. The molecule has 0 aliphatic carbocycles. The van der Waals surface area contributed by atoms with Crippen molar-refractivity contribution in [3.63, 3.8) is 0 Å². The third-order valence-corrected chi connectivity index (χ3v) is 7.34. The Morgan fingerprint density at radius 3 is 2.55 bits per heavy atom. The van der Waals surface area contributed by atoms with Gasteiger partial charge in [-0.15, -0.1) is 0 Å². The van der Waals surface area contributed by atoms with Gasteiger partial charge in [0.2, 0.25) is 15.9 Å². The maximum Gasteiger partial charge on any atom is 0.243 e. The number of benzene rings is 2. The molecule has 0 spiro atoms. The summed E-state index contributed by atoms with van der Waals surface area (Å²) < 4.78 is 45.8. The number of sulfonamides is 1. The lowest BCUT2D eigenvalue weighted by atomic mass is 10.2. The summed E-state index contributed by atoms with van der Waals surface area (Å²) >= 11 is 5.94. The van der Waals surface area contributed by atoms with Crippen LogP contribution >= 0.6 is 11.6 Å². The molecule has 2 aromatic carbocycles. The van der Waals surface area contributed by atoms with E-state index in [9.17, 15) is 17.6 Å². The topological polar surface area (TPSA) is 66.9 Å². The summed E-state index contributed by atoms with van der Waals surface area (Å²) in [7, 11) is -3.71. The van der Waals surface area contributed by atoms with Crippen LogP contribution in [0.4, 0.5) is 4.39 Å². The van der Waals surface area contributed by atoms with Crippen LogP contribution in [0.3, 0.4) is 0 Å². The first-order valence-corrected chi connectivity index (χ1v) is 12.0. The number of amides is 1. The lowest BCUT2D eigenvalue weighted by molar-refractivity contribution is -0.131. The van der Waals surface area contributed by atoms with Crippen LogP contribution < -0.4 is 4.74 Å². The first-order chi connectivity index (χ1) is 14.8. The summed E-state index contributed by atoms with van der Waals surface area (Å²) in [5.41, 5.74) is 0.939. The maximum absolute atomic E-state index is 13.1. The van der Waals surface area contributed by atoms with Gasteiger partial charge in [0.05, 0.1) is 11.5 Å². The van der Waals surface area contributed by atoms with E-state index in [1.807, 2.05) is 19.1 Å². The molecule has 0 radical (unpaired) electrons. The predicted octanol–water partition coefficient (Wildman–Crippen LogP) is 3.87. The van der Waals surface area contributed by atoms with Crippen LogP contribution in [-0.4, -0.2) is 56.3 Å². The van der Waals surface area contributed by atoms with Crippen molar-refractivity contribution in [2.75, 3.05) is 32.8 Å². The van der Waals surface area contributed by atoms with E-state index in [1.165, 1.54) is 16.4 Å². The van der Waals surface area contributed by atoms with Crippen LogP contribution in [0.15, 0.2) is 47.4 Å². The Labute approximate surface area is 187 Å². The van der Waals surface area contributed by atoms with E-state index in [4.69, 9.17) is 16.3 Å². The van der Waals surface area contributed by atoms with Gasteiger partial charge in [0.1, 0.15) is 11.6 Å². The van der Waals surface area contributed by atoms with Gasteiger partial charge in [-0.25, -0.2) is 12.8 Å². The molecule has 168 valence electrons. The number of rotatable bonds is 7. The summed E-state index contributed by atoms with van der Waals surface area (Å²) in [6.07, 6.45) is 1.44. The molecular weight excluding hydrogens is 443 g/mol. The molecule has 1 saturated heterocycles. The molecule has 0 saturated carbocycles. The average molecular weight is 469 g/mol. The molecule has 1 aliphatic heterocycles. The largest absolute Gasteiger partial charge is 0.493 e. The Hall–Kier alpha value is -2.16. The van der Waals surface area contributed by atoms with Crippen LogP contribution in [0.1, 0.15) is 24.8 Å². The van der Waals surface area contributed by atoms with Crippen LogP contribution in [0, 0.1) is 12.7 Å². The van der Waals surface area contributed by atoms with Gasteiger partial charge in [-0.1, -0.05) is 11.6 Å². The summed E-state index contributed by atoms with van der Waals surface area (Å²) in [5.74, 6) is 0.243. The minimum atomic E-state index is -3.71. The molecule has 0 N–H and O–H groups in total. The SMILES string of the molecule is Cc1cc(Cl)ccc1OCCCC(=O)N1CCCN(S(=O)(=O)c2ccc(F)cc2)CC1. The number of hydrogen-bond acceptors (Lipinski definition) is 4. The molecule has 6 nitrogen and oxygen atoms in total. The number of nitrogens with zero attached hydrogens (tertiary/aromatic N) is 2. The fourth-order valence-electron chi connectivity index (χ4n) is 3.48. The Morgan fingerprint density at radius 1 is 1.10 bits per heavy atom. The highest BCUT2D eigenvalue weighted by atomic mass is 35.5. The molecule has 0 bridgehead atoms. The van der Waals surface area contributed by atoms with Crippen molar-refractivity contribution in [3.05, 3.63) is 58.9 Å². The lowest BCUT2D eigenvalue weighted by Crippen LogP contribution is -2.37. The van der Waals surface area contributed by atoms with Gasteiger partial charge in [0, 0.05) is 37.6 Å². The monoisotopic (exact) mass is 468 g/mol. The third kappa shape index (κ3) is 6.18. The van der Waals surface area contributed by atoms with Crippen molar-refractivity contribution in [2.45, 2.75) is 31.1 Å². The predicted molar refractivity (Wildman–Crippen MR) is 117 cm³/mol. The van der Waals surface area contributed by atoms with Crippen LogP contribution in [0.25, 0.3) is 0 Å². The van der Waals surface area contributed by atoms with Gasteiger partial charge in [-0.05, 0) is 67.8 Å². The Morgan fingerprint density at radius 2 is 1.84 bits per heavy atom. The quantitative estimate of drug-likeness (QED) is 0.578. The van der Waals surface area contributed by atoms with Gasteiger partial charge in [-0.3, -0.25) is 4.79 Å². The smallest absolute Gasteiger partial charge is 0.243 e. The standard InChI is InChI=1S/C22H26ClFN2O4S/c1-17-16-18(23)5-10-21(17)30-15-2-4-22(27)25-11-3-12-26(14-13-25)31(28,29)20-8-6-19(24)7-9-20/h5-10,16H,2-4,11-15H2,1H3. The van der Waals surface area contributed by atoms with Crippen molar-refractivity contribution < 1.29 is 22.3 Å².